The minimum absolute atomic E-state index is 0.636. The van der Waals surface area contributed by atoms with E-state index in [9.17, 15) is 0 Å². The van der Waals surface area contributed by atoms with Crippen LogP contribution in [0.4, 0.5) is 0 Å². The molecule has 1 saturated heterocycles. The maximum absolute atomic E-state index is 4.54. The standard InChI is InChI=1S/C13H17N3/c1-9-7-11(10-3-2-5-14-8-10)13-12(16-9)4-6-15-13/h4,6-7,10,14-15H,2-3,5,8H2,1H3. The van der Waals surface area contributed by atoms with Crippen LogP contribution in [0.15, 0.2) is 18.3 Å². The van der Waals surface area contributed by atoms with Crippen LogP contribution in [0.1, 0.15) is 30.0 Å². The summed E-state index contributed by atoms with van der Waals surface area (Å²) in [5.74, 6) is 0.636. The first-order valence-corrected chi connectivity index (χ1v) is 6.00. The average Bonchev–Trinajstić information content (AvgIpc) is 2.77. The molecule has 3 nitrogen and oxygen atoms in total. The molecule has 2 aromatic heterocycles. The van der Waals surface area contributed by atoms with Crippen LogP contribution >= 0.6 is 0 Å². The first kappa shape index (κ1) is 9.85. The van der Waals surface area contributed by atoms with Crippen molar-refractivity contribution in [2.24, 2.45) is 0 Å². The summed E-state index contributed by atoms with van der Waals surface area (Å²) < 4.78 is 0. The molecular weight excluding hydrogens is 198 g/mol. The number of aromatic nitrogens is 2. The first-order chi connectivity index (χ1) is 7.84. The van der Waals surface area contributed by atoms with Gasteiger partial charge >= 0.3 is 0 Å². The topological polar surface area (TPSA) is 40.7 Å². The van der Waals surface area contributed by atoms with E-state index in [4.69, 9.17) is 0 Å². The number of H-pyrrole nitrogens is 1. The van der Waals surface area contributed by atoms with Crippen LogP contribution in [0.25, 0.3) is 11.0 Å². The molecule has 1 aliphatic heterocycles. The molecule has 0 spiro atoms. The van der Waals surface area contributed by atoms with Crippen molar-refractivity contribution in [2.75, 3.05) is 13.1 Å². The van der Waals surface area contributed by atoms with Gasteiger partial charge in [0.1, 0.15) is 0 Å². The van der Waals surface area contributed by atoms with Crippen LogP contribution in [-0.4, -0.2) is 23.1 Å². The van der Waals surface area contributed by atoms with Gasteiger partial charge in [-0.2, -0.15) is 0 Å². The lowest BCUT2D eigenvalue weighted by molar-refractivity contribution is 0.463. The number of pyridine rings is 1. The summed E-state index contributed by atoms with van der Waals surface area (Å²) in [4.78, 5) is 7.86. The summed E-state index contributed by atoms with van der Waals surface area (Å²) >= 11 is 0. The molecule has 2 N–H and O–H groups in total. The SMILES string of the molecule is Cc1cc(C2CCCNC2)c2[nH]ccc2n1. The molecule has 3 rings (SSSR count). The summed E-state index contributed by atoms with van der Waals surface area (Å²) in [6.45, 7) is 4.33. The van der Waals surface area contributed by atoms with Crippen molar-refractivity contribution < 1.29 is 0 Å². The van der Waals surface area contributed by atoms with Gasteiger partial charge < -0.3 is 10.3 Å². The van der Waals surface area contributed by atoms with Crippen molar-refractivity contribution in [1.82, 2.24) is 15.3 Å². The van der Waals surface area contributed by atoms with Crippen LogP contribution in [0.5, 0.6) is 0 Å². The van der Waals surface area contributed by atoms with Crippen LogP contribution in [0, 0.1) is 6.92 Å². The number of aromatic amines is 1. The third kappa shape index (κ3) is 1.61. The minimum Gasteiger partial charge on any atom is -0.360 e. The lowest BCUT2D eigenvalue weighted by Crippen LogP contribution is -2.28. The van der Waals surface area contributed by atoms with E-state index in [-0.39, 0.29) is 0 Å². The molecule has 0 bridgehead atoms. The third-order valence-corrected chi connectivity index (χ3v) is 3.41. The van der Waals surface area contributed by atoms with Crippen LogP contribution in [0.2, 0.25) is 0 Å². The van der Waals surface area contributed by atoms with Gasteiger partial charge in [-0.3, -0.25) is 4.98 Å². The number of hydrogen-bond acceptors (Lipinski definition) is 2. The summed E-state index contributed by atoms with van der Waals surface area (Å²) in [5, 5.41) is 3.48. The number of nitrogens with zero attached hydrogens (tertiary/aromatic N) is 1. The van der Waals surface area contributed by atoms with Gasteiger partial charge in [-0.15, -0.1) is 0 Å². The Kier molecular flexibility index (Phi) is 2.40. The zero-order valence-electron chi connectivity index (χ0n) is 9.59. The fraction of sp³-hybridized carbons (Fsp3) is 0.462. The second-order valence-corrected chi connectivity index (χ2v) is 4.63. The minimum atomic E-state index is 0.636. The van der Waals surface area contributed by atoms with Crippen molar-refractivity contribution >= 4 is 11.0 Å². The van der Waals surface area contributed by atoms with Gasteiger partial charge in [0.2, 0.25) is 0 Å². The first-order valence-electron chi connectivity index (χ1n) is 6.00. The molecule has 0 aromatic carbocycles. The summed E-state index contributed by atoms with van der Waals surface area (Å²) in [6, 6.07) is 4.29. The second kappa shape index (κ2) is 3.91. The molecule has 0 amide bonds. The van der Waals surface area contributed by atoms with E-state index in [1.807, 2.05) is 6.20 Å². The van der Waals surface area contributed by atoms with Crippen LogP contribution in [0.3, 0.4) is 0 Å². The average molecular weight is 215 g/mol. The Morgan fingerprint density at radius 2 is 2.38 bits per heavy atom. The highest BCUT2D eigenvalue weighted by Crippen LogP contribution is 2.28. The van der Waals surface area contributed by atoms with Gasteiger partial charge in [0.25, 0.3) is 0 Å². The number of fused-ring (bicyclic) bond motifs is 1. The van der Waals surface area contributed by atoms with Gasteiger partial charge in [-0.25, -0.2) is 0 Å². The maximum atomic E-state index is 4.54. The Morgan fingerprint density at radius 3 is 3.19 bits per heavy atom. The van der Waals surface area contributed by atoms with Crippen molar-refractivity contribution in [2.45, 2.75) is 25.7 Å². The molecule has 1 fully saturated rings. The monoisotopic (exact) mass is 215 g/mol. The number of nitrogens with one attached hydrogen (secondary N) is 2. The second-order valence-electron chi connectivity index (χ2n) is 4.63. The molecule has 1 unspecified atom stereocenters. The molecule has 3 heteroatoms. The van der Waals surface area contributed by atoms with E-state index in [0.717, 1.165) is 24.3 Å². The smallest absolute Gasteiger partial charge is 0.0884 e. The summed E-state index contributed by atoms with van der Waals surface area (Å²) in [5.41, 5.74) is 4.87. The van der Waals surface area contributed by atoms with Crippen molar-refractivity contribution in [3.8, 4) is 0 Å². The predicted molar refractivity (Wildman–Crippen MR) is 65.7 cm³/mol. The number of hydrogen-bond donors (Lipinski definition) is 2. The molecule has 0 aliphatic carbocycles. The van der Waals surface area contributed by atoms with Gasteiger partial charge in [0, 0.05) is 18.4 Å². The zero-order valence-corrected chi connectivity index (χ0v) is 9.59. The van der Waals surface area contributed by atoms with E-state index in [0.29, 0.717) is 5.92 Å². The third-order valence-electron chi connectivity index (χ3n) is 3.41. The lowest BCUT2D eigenvalue weighted by atomic mass is 9.91. The van der Waals surface area contributed by atoms with Gasteiger partial charge in [-0.1, -0.05) is 0 Å². The number of piperidine rings is 1. The van der Waals surface area contributed by atoms with Gasteiger partial charge in [0.05, 0.1) is 11.0 Å². The van der Waals surface area contributed by atoms with Gasteiger partial charge in [-0.05, 0) is 49.9 Å². The maximum Gasteiger partial charge on any atom is 0.0884 e. The number of rotatable bonds is 1. The van der Waals surface area contributed by atoms with Crippen LogP contribution < -0.4 is 5.32 Å². The summed E-state index contributed by atoms with van der Waals surface area (Å²) in [6.07, 6.45) is 4.54. The molecule has 0 saturated carbocycles. The van der Waals surface area contributed by atoms with Crippen molar-refractivity contribution in [1.29, 1.82) is 0 Å². The Balaban J connectivity index is 2.09. The highest BCUT2D eigenvalue weighted by atomic mass is 14.9. The number of aryl methyl sites for hydroxylation is 1. The van der Waals surface area contributed by atoms with Gasteiger partial charge in [0.15, 0.2) is 0 Å². The molecule has 3 heterocycles. The molecule has 1 aliphatic rings. The fourth-order valence-electron chi connectivity index (χ4n) is 2.64. The summed E-state index contributed by atoms with van der Waals surface area (Å²) in [7, 11) is 0. The highest BCUT2D eigenvalue weighted by Gasteiger charge is 2.18. The molecule has 16 heavy (non-hydrogen) atoms. The zero-order chi connectivity index (χ0) is 11.0. The van der Waals surface area contributed by atoms with Crippen molar-refractivity contribution in [3.05, 3.63) is 29.6 Å². The Bertz CT molecular complexity index is 495. The quantitative estimate of drug-likeness (QED) is 0.766. The molecular formula is C13H17N3. The predicted octanol–water partition coefficient (Wildman–Crippen LogP) is 2.34. The lowest BCUT2D eigenvalue weighted by Gasteiger charge is -2.23. The van der Waals surface area contributed by atoms with E-state index >= 15 is 0 Å². The molecule has 0 radical (unpaired) electrons. The molecule has 2 aromatic rings. The van der Waals surface area contributed by atoms with E-state index in [1.165, 1.54) is 23.9 Å². The highest BCUT2D eigenvalue weighted by molar-refractivity contribution is 5.79. The molecule has 84 valence electrons. The largest absolute Gasteiger partial charge is 0.360 e. The Labute approximate surface area is 95.3 Å². The van der Waals surface area contributed by atoms with Crippen molar-refractivity contribution in [3.63, 3.8) is 0 Å². The van der Waals surface area contributed by atoms with Crippen LogP contribution in [-0.2, 0) is 0 Å². The van der Waals surface area contributed by atoms with E-state index < -0.39 is 0 Å². The Morgan fingerprint density at radius 1 is 1.44 bits per heavy atom. The van der Waals surface area contributed by atoms with E-state index in [1.54, 1.807) is 0 Å². The van der Waals surface area contributed by atoms with E-state index in [2.05, 4.69) is 34.3 Å². The normalized spacial score (nSPS) is 21.4. The Hall–Kier alpha value is -1.35. The fourth-order valence-corrected chi connectivity index (χ4v) is 2.64. The molecule has 1 atom stereocenters.